The van der Waals surface area contributed by atoms with Gasteiger partial charge in [-0.05, 0) is 20.8 Å². The number of aromatic nitrogens is 4. The van der Waals surface area contributed by atoms with Gasteiger partial charge in [0.05, 0.1) is 12.2 Å². The molecule has 3 aromatic rings. The first-order valence-corrected chi connectivity index (χ1v) is 7.75. The van der Waals surface area contributed by atoms with E-state index < -0.39 is 0 Å². The van der Waals surface area contributed by atoms with E-state index in [-0.39, 0.29) is 6.04 Å². The fourth-order valence-corrected chi connectivity index (χ4v) is 2.91. The van der Waals surface area contributed by atoms with Gasteiger partial charge in [-0.25, -0.2) is 15.0 Å². The molecule has 0 aliphatic heterocycles. The summed E-state index contributed by atoms with van der Waals surface area (Å²) in [4.78, 5) is 14.6. The molecular weight excluding hydrogens is 284 g/mol. The average Bonchev–Trinajstić information content (AvgIpc) is 3.07. The zero-order valence-electron chi connectivity index (χ0n) is 12.3. The van der Waals surface area contributed by atoms with Gasteiger partial charge in [-0.1, -0.05) is 0 Å². The fraction of sp³-hybridized carbons (Fsp3) is 0.357. The molecule has 2 N–H and O–H groups in total. The molecule has 0 radical (unpaired) electrons. The third kappa shape index (κ3) is 2.82. The molecule has 0 saturated carbocycles. The summed E-state index contributed by atoms with van der Waals surface area (Å²) in [6.45, 7) is 7.02. The number of nitrogens with zero attached hydrogens (tertiary/aromatic N) is 4. The molecule has 3 heterocycles. The molecule has 3 rings (SSSR count). The highest BCUT2D eigenvalue weighted by molar-refractivity contribution is 7.11. The lowest BCUT2D eigenvalue weighted by atomic mass is 10.3. The third-order valence-electron chi connectivity index (χ3n) is 3.09. The predicted octanol–water partition coefficient (Wildman–Crippen LogP) is 3.10. The van der Waals surface area contributed by atoms with Crippen LogP contribution >= 0.6 is 11.3 Å². The molecule has 6 nitrogen and oxygen atoms in total. The molecule has 1 unspecified atom stereocenters. The van der Waals surface area contributed by atoms with E-state index in [0.29, 0.717) is 0 Å². The molecule has 21 heavy (non-hydrogen) atoms. The molecule has 110 valence electrons. The van der Waals surface area contributed by atoms with E-state index >= 15 is 0 Å². The lowest BCUT2D eigenvalue weighted by Gasteiger charge is -2.14. The van der Waals surface area contributed by atoms with E-state index in [1.54, 1.807) is 17.5 Å². The number of imidazole rings is 1. The Kier molecular flexibility index (Phi) is 3.74. The summed E-state index contributed by atoms with van der Waals surface area (Å²) in [5, 5.41) is 7.70. The van der Waals surface area contributed by atoms with E-state index in [1.807, 2.05) is 29.9 Å². The van der Waals surface area contributed by atoms with Crippen LogP contribution in [0.3, 0.4) is 0 Å². The second-order valence-electron chi connectivity index (χ2n) is 4.84. The average molecular weight is 302 g/mol. The number of aryl methyl sites for hydroxylation is 1. The van der Waals surface area contributed by atoms with E-state index in [2.05, 4.69) is 39.4 Å². The number of fused-ring (bicyclic) bond motifs is 1. The van der Waals surface area contributed by atoms with Crippen LogP contribution in [-0.2, 0) is 0 Å². The van der Waals surface area contributed by atoms with Crippen LogP contribution in [0.4, 0.5) is 11.6 Å². The summed E-state index contributed by atoms with van der Waals surface area (Å²) in [6, 6.07) is 0.0913. The molecule has 0 spiro atoms. The number of nitrogens with one attached hydrogen (secondary N) is 2. The lowest BCUT2D eigenvalue weighted by molar-refractivity contribution is 0.859. The maximum absolute atomic E-state index is 4.61. The van der Waals surface area contributed by atoms with Gasteiger partial charge in [0.25, 0.3) is 0 Å². The minimum Gasteiger partial charge on any atom is -0.369 e. The highest BCUT2D eigenvalue weighted by Gasteiger charge is 2.14. The maximum Gasteiger partial charge on any atom is 0.180 e. The Balaban J connectivity index is 1.93. The topological polar surface area (TPSA) is 67.1 Å². The first-order valence-electron chi connectivity index (χ1n) is 6.94. The lowest BCUT2D eigenvalue weighted by Crippen LogP contribution is -2.11. The summed E-state index contributed by atoms with van der Waals surface area (Å²) in [7, 11) is 0. The van der Waals surface area contributed by atoms with Crippen molar-refractivity contribution in [1.82, 2.24) is 19.4 Å². The molecule has 0 fully saturated rings. The molecular formula is C14H18N6S. The van der Waals surface area contributed by atoms with Gasteiger partial charge in [0.1, 0.15) is 10.8 Å². The van der Waals surface area contributed by atoms with Gasteiger partial charge in [0.2, 0.25) is 0 Å². The first-order chi connectivity index (χ1) is 10.2. The van der Waals surface area contributed by atoms with Crippen LogP contribution in [0.1, 0.15) is 29.8 Å². The SMILES string of the molecule is CCNc1cn2ccnc2c(NC(C)c2ncc(C)s2)n1. The van der Waals surface area contributed by atoms with E-state index in [9.17, 15) is 0 Å². The second kappa shape index (κ2) is 5.69. The van der Waals surface area contributed by atoms with Gasteiger partial charge >= 0.3 is 0 Å². The molecule has 0 saturated heterocycles. The molecule has 0 aromatic carbocycles. The minimum absolute atomic E-state index is 0.0913. The normalized spacial score (nSPS) is 12.5. The van der Waals surface area contributed by atoms with Crippen LogP contribution in [0.15, 0.2) is 24.8 Å². The van der Waals surface area contributed by atoms with Gasteiger partial charge in [-0.2, -0.15) is 0 Å². The summed E-state index contributed by atoms with van der Waals surface area (Å²) >= 11 is 1.69. The van der Waals surface area contributed by atoms with Crippen molar-refractivity contribution in [3.05, 3.63) is 34.7 Å². The van der Waals surface area contributed by atoms with Gasteiger partial charge in [0, 0.05) is 30.0 Å². The number of anilines is 2. The Hall–Kier alpha value is -2.15. The van der Waals surface area contributed by atoms with Crippen molar-refractivity contribution in [2.24, 2.45) is 0 Å². The fourth-order valence-electron chi connectivity index (χ4n) is 2.13. The molecule has 0 bridgehead atoms. The van der Waals surface area contributed by atoms with Gasteiger partial charge in [-0.15, -0.1) is 11.3 Å². The Bertz CT molecular complexity index is 747. The monoisotopic (exact) mass is 302 g/mol. The summed E-state index contributed by atoms with van der Waals surface area (Å²) in [5.41, 5.74) is 0.816. The number of hydrogen-bond donors (Lipinski definition) is 2. The van der Waals surface area contributed by atoms with E-state index in [0.717, 1.165) is 28.8 Å². The Morgan fingerprint density at radius 2 is 2.24 bits per heavy atom. The molecule has 3 aromatic heterocycles. The van der Waals surface area contributed by atoms with Crippen molar-refractivity contribution in [2.45, 2.75) is 26.8 Å². The third-order valence-corrected chi connectivity index (χ3v) is 4.19. The number of hydrogen-bond acceptors (Lipinski definition) is 6. The highest BCUT2D eigenvalue weighted by Crippen LogP contribution is 2.25. The van der Waals surface area contributed by atoms with Crippen molar-refractivity contribution in [2.75, 3.05) is 17.2 Å². The number of rotatable bonds is 5. The Morgan fingerprint density at radius 1 is 1.38 bits per heavy atom. The highest BCUT2D eigenvalue weighted by atomic mass is 32.1. The molecule has 0 amide bonds. The summed E-state index contributed by atoms with van der Waals surface area (Å²) in [6.07, 6.45) is 7.53. The second-order valence-corrected chi connectivity index (χ2v) is 6.10. The molecule has 0 aliphatic rings. The summed E-state index contributed by atoms with van der Waals surface area (Å²) < 4.78 is 1.97. The van der Waals surface area contributed by atoms with Crippen molar-refractivity contribution in [1.29, 1.82) is 0 Å². The quantitative estimate of drug-likeness (QED) is 0.758. The molecule has 0 aliphatic carbocycles. The smallest absolute Gasteiger partial charge is 0.180 e. The summed E-state index contributed by atoms with van der Waals surface area (Å²) in [5.74, 6) is 1.59. The maximum atomic E-state index is 4.61. The predicted molar refractivity (Wildman–Crippen MR) is 86.0 cm³/mol. The minimum atomic E-state index is 0.0913. The zero-order chi connectivity index (χ0) is 14.8. The van der Waals surface area contributed by atoms with E-state index in [1.165, 1.54) is 4.88 Å². The first kappa shape index (κ1) is 13.8. The van der Waals surface area contributed by atoms with Crippen LogP contribution in [0.5, 0.6) is 0 Å². The van der Waals surface area contributed by atoms with E-state index in [4.69, 9.17) is 0 Å². The van der Waals surface area contributed by atoms with Crippen molar-refractivity contribution >= 4 is 28.6 Å². The molecule has 7 heteroatoms. The van der Waals surface area contributed by atoms with Crippen LogP contribution in [0, 0.1) is 6.92 Å². The van der Waals surface area contributed by atoms with Crippen LogP contribution in [0.25, 0.3) is 5.65 Å². The van der Waals surface area contributed by atoms with Crippen molar-refractivity contribution in [3.63, 3.8) is 0 Å². The van der Waals surface area contributed by atoms with Crippen molar-refractivity contribution in [3.8, 4) is 0 Å². The van der Waals surface area contributed by atoms with Crippen molar-refractivity contribution < 1.29 is 0 Å². The van der Waals surface area contributed by atoms with Gasteiger partial charge in [-0.3, -0.25) is 0 Å². The van der Waals surface area contributed by atoms with Crippen LogP contribution < -0.4 is 10.6 Å². The Morgan fingerprint density at radius 3 is 2.95 bits per heavy atom. The largest absolute Gasteiger partial charge is 0.369 e. The Labute approximate surface area is 127 Å². The molecule has 1 atom stereocenters. The van der Waals surface area contributed by atoms with Gasteiger partial charge < -0.3 is 15.0 Å². The standard InChI is InChI=1S/C14H18N6S/c1-4-15-11-8-20-6-5-16-13(20)12(19-11)18-10(3)14-17-7-9(2)21-14/h5-8,10,15H,4H2,1-3H3,(H,18,19). The number of thiazole rings is 1. The van der Waals surface area contributed by atoms with Crippen LogP contribution in [0.2, 0.25) is 0 Å². The van der Waals surface area contributed by atoms with Gasteiger partial charge in [0.15, 0.2) is 11.5 Å². The zero-order valence-corrected chi connectivity index (χ0v) is 13.1. The van der Waals surface area contributed by atoms with Crippen LogP contribution in [-0.4, -0.2) is 25.9 Å².